The molecule has 3 amide bonds. The monoisotopic (exact) mass is 476 g/mol. The SMILES string of the molecule is CCNC(=O)Nc1cc(CNc2ncsc2C(=O)Nc2ccc3c(c2)OC(F)(F)O3)ccn1. The molecule has 0 bridgehead atoms. The van der Waals surface area contributed by atoms with E-state index in [0.717, 1.165) is 16.9 Å². The number of ether oxygens (including phenoxy) is 2. The highest BCUT2D eigenvalue weighted by atomic mass is 32.1. The summed E-state index contributed by atoms with van der Waals surface area (Å²) in [6, 6.07) is 7.05. The largest absolute Gasteiger partial charge is 0.586 e. The van der Waals surface area contributed by atoms with Gasteiger partial charge in [0.25, 0.3) is 5.91 Å². The fourth-order valence-electron chi connectivity index (χ4n) is 2.91. The molecule has 0 fully saturated rings. The zero-order valence-corrected chi connectivity index (χ0v) is 18.0. The van der Waals surface area contributed by atoms with Crippen LogP contribution in [0.25, 0.3) is 0 Å². The molecule has 10 nitrogen and oxygen atoms in total. The van der Waals surface area contributed by atoms with Gasteiger partial charge in [-0.1, -0.05) is 0 Å². The lowest BCUT2D eigenvalue weighted by Crippen LogP contribution is -2.28. The van der Waals surface area contributed by atoms with Crippen LogP contribution in [0.1, 0.15) is 22.2 Å². The van der Waals surface area contributed by atoms with Gasteiger partial charge in [0.2, 0.25) is 0 Å². The molecule has 1 aromatic carbocycles. The fourth-order valence-corrected chi connectivity index (χ4v) is 3.57. The molecule has 0 saturated carbocycles. The number of alkyl halides is 2. The van der Waals surface area contributed by atoms with E-state index in [2.05, 4.69) is 40.7 Å². The number of hydrogen-bond acceptors (Lipinski definition) is 8. The van der Waals surface area contributed by atoms with Gasteiger partial charge in [0, 0.05) is 31.0 Å². The molecular formula is C20H18F2N6O4S. The van der Waals surface area contributed by atoms with E-state index in [4.69, 9.17) is 0 Å². The molecule has 0 saturated heterocycles. The molecular weight excluding hydrogens is 458 g/mol. The first-order chi connectivity index (χ1) is 15.8. The quantitative estimate of drug-likeness (QED) is 0.408. The minimum atomic E-state index is -3.73. The minimum Gasteiger partial charge on any atom is -0.395 e. The van der Waals surface area contributed by atoms with Crippen LogP contribution in [0, 0.1) is 0 Å². The summed E-state index contributed by atoms with van der Waals surface area (Å²) in [4.78, 5) is 32.9. The van der Waals surface area contributed by atoms with E-state index in [1.165, 1.54) is 23.7 Å². The lowest BCUT2D eigenvalue weighted by Gasteiger charge is -2.09. The average Bonchev–Trinajstić information content (AvgIpc) is 3.35. The maximum Gasteiger partial charge on any atom is 0.586 e. The van der Waals surface area contributed by atoms with Crippen LogP contribution < -0.4 is 30.7 Å². The predicted octanol–water partition coefficient (Wildman–Crippen LogP) is 3.87. The summed E-state index contributed by atoms with van der Waals surface area (Å²) in [6.45, 7) is 2.61. The average molecular weight is 476 g/mol. The van der Waals surface area contributed by atoms with Crippen LogP contribution >= 0.6 is 11.3 Å². The van der Waals surface area contributed by atoms with E-state index in [-0.39, 0.29) is 23.2 Å². The summed E-state index contributed by atoms with van der Waals surface area (Å²) >= 11 is 1.12. The zero-order valence-electron chi connectivity index (χ0n) is 17.1. The van der Waals surface area contributed by atoms with E-state index < -0.39 is 12.2 Å². The second kappa shape index (κ2) is 9.24. The highest BCUT2D eigenvalue weighted by molar-refractivity contribution is 7.12. The Labute approximate surface area is 190 Å². The van der Waals surface area contributed by atoms with Crippen LogP contribution in [0.4, 0.5) is 30.9 Å². The van der Waals surface area contributed by atoms with Crippen molar-refractivity contribution in [3.63, 3.8) is 0 Å². The third-order valence-electron chi connectivity index (χ3n) is 4.30. The first kappa shape index (κ1) is 22.2. The van der Waals surface area contributed by atoms with Gasteiger partial charge in [-0.2, -0.15) is 0 Å². The highest BCUT2D eigenvalue weighted by Crippen LogP contribution is 2.42. The van der Waals surface area contributed by atoms with Gasteiger partial charge >= 0.3 is 12.3 Å². The maximum atomic E-state index is 13.2. The van der Waals surface area contributed by atoms with E-state index >= 15 is 0 Å². The van der Waals surface area contributed by atoms with E-state index in [1.807, 2.05) is 0 Å². The molecule has 33 heavy (non-hydrogen) atoms. The van der Waals surface area contributed by atoms with Gasteiger partial charge in [0.05, 0.1) is 5.51 Å². The van der Waals surface area contributed by atoms with Crippen LogP contribution in [0.2, 0.25) is 0 Å². The molecule has 1 aliphatic heterocycles. The third kappa shape index (κ3) is 5.44. The first-order valence-electron chi connectivity index (χ1n) is 9.71. The molecule has 13 heteroatoms. The molecule has 0 unspecified atom stereocenters. The Balaban J connectivity index is 1.39. The van der Waals surface area contributed by atoms with Crippen LogP contribution in [0.15, 0.2) is 42.0 Å². The highest BCUT2D eigenvalue weighted by Gasteiger charge is 2.43. The topological polar surface area (TPSA) is 127 Å². The number of pyridine rings is 1. The fraction of sp³-hybridized carbons (Fsp3) is 0.200. The number of anilines is 3. The number of carbonyl (C=O) groups excluding carboxylic acids is 2. The van der Waals surface area contributed by atoms with Crippen molar-refractivity contribution in [1.29, 1.82) is 0 Å². The number of halogens is 2. The van der Waals surface area contributed by atoms with Crippen molar-refractivity contribution in [2.45, 2.75) is 19.8 Å². The van der Waals surface area contributed by atoms with Crippen molar-refractivity contribution in [1.82, 2.24) is 15.3 Å². The van der Waals surface area contributed by atoms with Gasteiger partial charge < -0.3 is 25.4 Å². The van der Waals surface area contributed by atoms with E-state index in [9.17, 15) is 18.4 Å². The van der Waals surface area contributed by atoms with Crippen LogP contribution in [0.3, 0.4) is 0 Å². The van der Waals surface area contributed by atoms with E-state index in [1.54, 1.807) is 25.3 Å². The number of amides is 3. The molecule has 3 heterocycles. The molecule has 0 atom stereocenters. The summed E-state index contributed by atoms with van der Waals surface area (Å²) in [5, 5.41) is 10.9. The maximum absolute atomic E-state index is 13.2. The molecule has 172 valence electrons. The smallest absolute Gasteiger partial charge is 0.395 e. The third-order valence-corrected chi connectivity index (χ3v) is 5.12. The van der Waals surface area contributed by atoms with Crippen LogP contribution in [-0.2, 0) is 6.54 Å². The normalized spacial score (nSPS) is 13.3. The second-order valence-corrected chi connectivity index (χ2v) is 7.56. The number of urea groups is 1. The molecule has 2 aromatic heterocycles. The summed E-state index contributed by atoms with van der Waals surface area (Å²) < 4.78 is 35.1. The molecule has 0 spiro atoms. The zero-order chi connectivity index (χ0) is 23.4. The Kier molecular flexibility index (Phi) is 6.22. The van der Waals surface area contributed by atoms with Crippen LogP contribution in [-0.4, -0.2) is 34.7 Å². The van der Waals surface area contributed by atoms with Gasteiger partial charge in [-0.05, 0) is 36.8 Å². The van der Waals surface area contributed by atoms with Crippen molar-refractivity contribution in [3.8, 4) is 11.5 Å². The Morgan fingerprint density at radius 1 is 1.09 bits per heavy atom. The molecule has 4 rings (SSSR count). The van der Waals surface area contributed by atoms with Gasteiger partial charge in [0.15, 0.2) is 11.5 Å². The Hall–Kier alpha value is -4.00. The van der Waals surface area contributed by atoms with E-state index in [0.29, 0.717) is 29.6 Å². The van der Waals surface area contributed by atoms with Crippen molar-refractivity contribution in [2.24, 2.45) is 0 Å². The van der Waals surface area contributed by atoms with Gasteiger partial charge in [-0.3, -0.25) is 10.1 Å². The Bertz CT molecular complexity index is 1190. The van der Waals surface area contributed by atoms with Crippen molar-refractivity contribution >= 4 is 40.6 Å². The lowest BCUT2D eigenvalue weighted by molar-refractivity contribution is -0.286. The number of nitrogens with one attached hydrogen (secondary N) is 4. The second-order valence-electron chi connectivity index (χ2n) is 6.70. The number of aromatic nitrogens is 2. The summed E-state index contributed by atoms with van der Waals surface area (Å²) in [7, 11) is 0. The van der Waals surface area contributed by atoms with Crippen molar-refractivity contribution in [2.75, 3.05) is 22.5 Å². The molecule has 1 aliphatic rings. The Morgan fingerprint density at radius 2 is 1.91 bits per heavy atom. The number of carbonyl (C=O) groups is 2. The van der Waals surface area contributed by atoms with Crippen LogP contribution in [0.5, 0.6) is 11.5 Å². The standard InChI is InChI=1S/C20H18F2N6O4S/c1-2-23-19(30)28-15-7-11(5-6-24-15)9-25-17-16(33-10-26-17)18(29)27-12-3-4-13-14(8-12)32-20(21,22)31-13/h3-8,10,25H,2,9H2,1H3,(H,27,29)(H2,23,24,28,30). The molecule has 0 radical (unpaired) electrons. The number of thiazole rings is 1. The lowest BCUT2D eigenvalue weighted by atomic mass is 10.2. The number of nitrogens with zero attached hydrogens (tertiary/aromatic N) is 2. The summed E-state index contributed by atoms with van der Waals surface area (Å²) in [6.07, 6.45) is -2.18. The van der Waals surface area contributed by atoms with Gasteiger partial charge in [-0.25, -0.2) is 14.8 Å². The number of hydrogen-bond donors (Lipinski definition) is 4. The molecule has 4 N–H and O–H groups in total. The number of fused-ring (bicyclic) bond motifs is 1. The van der Waals surface area contributed by atoms with Gasteiger partial charge in [-0.15, -0.1) is 20.1 Å². The van der Waals surface area contributed by atoms with Crippen molar-refractivity contribution < 1.29 is 27.8 Å². The van der Waals surface area contributed by atoms with Gasteiger partial charge in [0.1, 0.15) is 16.5 Å². The Morgan fingerprint density at radius 3 is 2.73 bits per heavy atom. The van der Waals surface area contributed by atoms with Crippen molar-refractivity contribution in [3.05, 3.63) is 52.5 Å². The summed E-state index contributed by atoms with van der Waals surface area (Å²) in [5.41, 5.74) is 2.56. The molecule has 0 aliphatic carbocycles. The first-order valence-corrected chi connectivity index (χ1v) is 10.6. The molecule has 3 aromatic rings. The number of rotatable bonds is 7. The minimum absolute atomic E-state index is 0.114. The number of benzene rings is 1. The summed E-state index contributed by atoms with van der Waals surface area (Å²) in [5.74, 6) is -0.0321. The predicted molar refractivity (Wildman–Crippen MR) is 117 cm³/mol.